The molecule has 10 nitrogen and oxygen atoms in total. The fourth-order valence-corrected chi connectivity index (χ4v) is 5.81. The molecule has 1 aromatic carbocycles. The first-order valence-corrected chi connectivity index (χ1v) is 13.5. The van der Waals surface area contributed by atoms with E-state index in [1.807, 2.05) is 28.0 Å². The Bertz CT molecular complexity index is 963. The summed E-state index contributed by atoms with van der Waals surface area (Å²) in [7, 11) is 0. The van der Waals surface area contributed by atoms with Crippen LogP contribution in [0.3, 0.4) is 0 Å². The van der Waals surface area contributed by atoms with Crippen molar-refractivity contribution in [2.24, 2.45) is 5.92 Å². The number of rotatable bonds is 13. The molecule has 0 aliphatic carbocycles. The van der Waals surface area contributed by atoms with E-state index in [9.17, 15) is 24.6 Å². The largest absolute Gasteiger partial charge is 0.481 e. The molecule has 0 radical (unpaired) electrons. The van der Waals surface area contributed by atoms with Gasteiger partial charge in [-0.25, -0.2) is 0 Å². The summed E-state index contributed by atoms with van der Waals surface area (Å²) >= 11 is 0. The van der Waals surface area contributed by atoms with Crippen LogP contribution in [0.2, 0.25) is 0 Å². The third-order valence-electron chi connectivity index (χ3n) is 7.78. The van der Waals surface area contributed by atoms with Crippen LogP contribution in [0.5, 0.6) is 11.5 Å². The minimum atomic E-state index is -0.904. The van der Waals surface area contributed by atoms with Crippen molar-refractivity contribution in [2.45, 2.75) is 57.4 Å². The second kappa shape index (κ2) is 12.6. The maximum absolute atomic E-state index is 13.4. The van der Waals surface area contributed by atoms with Gasteiger partial charge in [0.1, 0.15) is 0 Å². The van der Waals surface area contributed by atoms with E-state index in [1.165, 1.54) is 0 Å². The van der Waals surface area contributed by atoms with E-state index in [4.69, 9.17) is 9.47 Å². The second-order valence-electron chi connectivity index (χ2n) is 10.2. The summed E-state index contributed by atoms with van der Waals surface area (Å²) in [6.07, 6.45) is 4.18. The van der Waals surface area contributed by atoms with E-state index in [0.717, 1.165) is 24.8 Å². The van der Waals surface area contributed by atoms with Crippen molar-refractivity contribution in [3.05, 3.63) is 23.8 Å². The van der Waals surface area contributed by atoms with Gasteiger partial charge in [0.2, 0.25) is 18.6 Å². The van der Waals surface area contributed by atoms with Gasteiger partial charge < -0.3 is 29.5 Å². The lowest BCUT2D eigenvalue weighted by atomic mass is 9.84. The number of amides is 2. The fourth-order valence-electron chi connectivity index (χ4n) is 5.81. The Morgan fingerprint density at radius 3 is 2.65 bits per heavy atom. The second-order valence-corrected chi connectivity index (χ2v) is 10.2. The SMILES string of the molecule is CCCCN(CCCO)C(=O)CN1CC(c2ccc3c(c2)OCO3)C(C(=O)O)C1CCN1CCCC1=O. The molecule has 3 unspecified atom stereocenters. The average molecular weight is 518 g/mol. The number of hydrogen-bond donors (Lipinski definition) is 2. The Hall–Kier alpha value is -2.85. The lowest BCUT2D eigenvalue weighted by molar-refractivity contribution is -0.144. The van der Waals surface area contributed by atoms with Crippen LogP contribution >= 0.6 is 0 Å². The zero-order valence-electron chi connectivity index (χ0n) is 21.6. The van der Waals surface area contributed by atoms with Gasteiger partial charge in [-0.15, -0.1) is 0 Å². The molecule has 0 bridgehead atoms. The number of carbonyl (C=O) groups excluding carboxylic acids is 2. The highest BCUT2D eigenvalue weighted by atomic mass is 16.7. The normalized spacial score (nSPS) is 23.1. The molecule has 0 spiro atoms. The van der Waals surface area contributed by atoms with Gasteiger partial charge in [0, 0.05) is 57.7 Å². The van der Waals surface area contributed by atoms with Crippen molar-refractivity contribution in [3.63, 3.8) is 0 Å². The summed E-state index contributed by atoms with van der Waals surface area (Å²) in [4.78, 5) is 43.9. The van der Waals surface area contributed by atoms with Crippen LogP contribution in [0, 0.1) is 5.92 Å². The number of fused-ring (bicyclic) bond motifs is 1. The van der Waals surface area contributed by atoms with Crippen LogP contribution in [-0.4, -0.2) is 101 Å². The molecular weight excluding hydrogens is 478 g/mol. The maximum Gasteiger partial charge on any atom is 0.308 e. The van der Waals surface area contributed by atoms with Crippen LogP contribution in [0.4, 0.5) is 0 Å². The maximum atomic E-state index is 13.4. The van der Waals surface area contributed by atoms with Gasteiger partial charge in [0.15, 0.2) is 11.5 Å². The van der Waals surface area contributed by atoms with E-state index in [2.05, 4.69) is 6.92 Å². The Labute approximate surface area is 218 Å². The van der Waals surface area contributed by atoms with E-state index in [1.54, 1.807) is 4.90 Å². The van der Waals surface area contributed by atoms with Crippen molar-refractivity contribution >= 4 is 17.8 Å². The predicted octanol–water partition coefficient (Wildman–Crippen LogP) is 1.91. The van der Waals surface area contributed by atoms with Crippen molar-refractivity contribution in [1.29, 1.82) is 0 Å². The minimum absolute atomic E-state index is 0.0133. The molecule has 0 aromatic heterocycles. The summed E-state index contributed by atoms with van der Waals surface area (Å²) < 4.78 is 11.0. The molecule has 0 saturated carbocycles. The number of likely N-dealkylation sites (tertiary alicyclic amines) is 2. The van der Waals surface area contributed by atoms with Gasteiger partial charge in [-0.1, -0.05) is 19.4 Å². The smallest absolute Gasteiger partial charge is 0.308 e. The zero-order chi connectivity index (χ0) is 26.4. The standard InChI is InChI=1S/C27H39N3O7/c1-2-3-10-28(12-5-14-31)25(33)17-30-16-20(19-7-8-22-23(15-19)37-18-36-22)26(27(34)35)21(30)9-13-29-11-4-6-24(29)32/h7-8,15,20-21,26,31H,2-6,9-14,16-18H2,1H3,(H,34,35). The van der Waals surface area contributed by atoms with Gasteiger partial charge in [0.05, 0.1) is 12.5 Å². The zero-order valence-corrected chi connectivity index (χ0v) is 21.6. The van der Waals surface area contributed by atoms with Crippen LogP contribution < -0.4 is 9.47 Å². The Morgan fingerprint density at radius 1 is 1.16 bits per heavy atom. The molecule has 2 saturated heterocycles. The predicted molar refractivity (Wildman–Crippen MR) is 135 cm³/mol. The number of carbonyl (C=O) groups is 3. The Kier molecular flexibility index (Phi) is 9.26. The lowest BCUT2D eigenvalue weighted by Crippen LogP contribution is -2.46. The molecule has 4 rings (SSSR count). The highest BCUT2D eigenvalue weighted by molar-refractivity contribution is 5.79. The fraction of sp³-hybridized carbons (Fsp3) is 0.667. The van der Waals surface area contributed by atoms with E-state index in [0.29, 0.717) is 63.5 Å². The third-order valence-corrected chi connectivity index (χ3v) is 7.78. The first kappa shape index (κ1) is 27.2. The average Bonchev–Trinajstić information content (AvgIpc) is 3.60. The van der Waals surface area contributed by atoms with Crippen molar-refractivity contribution in [3.8, 4) is 11.5 Å². The van der Waals surface area contributed by atoms with Crippen molar-refractivity contribution in [2.75, 3.05) is 52.7 Å². The lowest BCUT2D eigenvalue weighted by Gasteiger charge is -2.30. The summed E-state index contributed by atoms with van der Waals surface area (Å²) in [5, 5.41) is 19.7. The van der Waals surface area contributed by atoms with Gasteiger partial charge >= 0.3 is 5.97 Å². The molecule has 1 aromatic rings. The molecule has 2 fully saturated rings. The number of hydrogen-bond acceptors (Lipinski definition) is 7. The quantitative estimate of drug-likeness (QED) is 0.407. The van der Waals surface area contributed by atoms with Crippen LogP contribution in [-0.2, 0) is 14.4 Å². The minimum Gasteiger partial charge on any atom is -0.481 e. The van der Waals surface area contributed by atoms with Gasteiger partial charge in [0.25, 0.3) is 0 Å². The number of benzene rings is 1. The number of carboxylic acids is 1. The molecule has 37 heavy (non-hydrogen) atoms. The summed E-state index contributed by atoms with van der Waals surface area (Å²) in [6, 6.07) is 5.15. The summed E-state index contributed by atoms with van der Waals surface area (Å²) in [5.74, 6) is -0.675. The highest BCUT2D eigenvalue weighted by Crippen LogP contribution is 2.42. The van der Waals surface area contributed by atoms with Gasteiger partial charge in [-0.2, -0.15) is 0 Å². The van der Waals surface area contributed by atoms with E-state index in [-0.39, 0.29) is 37.7 Å². The number of aliphatic hydroxyl groups excluding tert-OH is 1. The first-order chi connectivity index (χ1) is 17.9. The molecule has 3 aliphatic heterocycles. The number of aliphatic hydroxyl groups is 1. The monoisotopic (exact) mass is 517 g/mol. The Balaban J connectivity index is 1.57. The molecule has 3 aliphatic rings. The van der Waals surface area contributed by atoms with Crippen LogP contribution in [0.25, 0.3) is 0 Å². The molecule has 204 valence electrons. The number of nitrogens with zero attached hydrogens (tertiary/aromatic N) is 3. The number of ether oxygens (including phenoxy) is 2. The van der Waals surface area contributed by atoms with Crippen molar-refractivity contribution in [1.82, 2.24) is 14.7 Å². The molecule has 3 heterocycles. The number of carboxylic acid groups (broad SMARTS) is 1. The molecule has 10 heteroatoms. The van der Waals surface area contributed by atoms with Crippen molar-refractivity contribution < 1.29 is 34.1 Å². The van der Waals surface area contributed by atoms with Crippen LogP contribution in [0.15, 0.2) is 18.2 Å². The van der Waals surface area contributed by atoms with E-state index < -0.39 is 17.9 Å². The number of unbranched alkanes of at least 4 members (excludes halogenated alkanes) is 1. The van der Waals surface area contributed by atoms with E-state index >= 15 is 0 Å². The molecule has 2 N–H and O–H groups in total. The van der Waals surface area contributed by atoms with Crippen LogP contribution in [0.1, 0.15) is 56.9 Å². The highest BCUT2D eigenvalue weighted by Gasteiger charge is 2.47. The topological polar surface area (TPSA) is 120 Å². The number of aliphatic carboxylic acids is 1. The van der Waals surface area contributed by atoms with Gasteiger partial charge in [-0.3, -0.25) is 19.3 Å². The Morgan fingerprint density at radius 2 is 1.95 bits per heavy atom. The first-order valence-electron chi connectivity index (χ1n) is 13.5. The summed E-state index contributed by atoms with van der Waals surface area (Å²) in [5.41, 5.74) is 0.844. The van der Waals surface area contributed by atoms with Gasteiger partial charge in [-0.05, 0) is 43.4 Å². The third kappa shape index (κ3) is 6.35. The molecule has 3 atom stereocenters. The molecular formula is C27H39N3O7. The molecule has 2 amide bonds. The summed E-state index contributed by atoms with van der Waals surface area (Å²) in [6.45, 7) is 5.02.